The molecule has 26 heavy (non-hydrogen) atoms. The van der Waals surface area contributed by atoms with Gasteiger partial charge in [-0.15, -0.1) is 0 Å². The molecule has 1 aromatic heterocycles. The Morgan fingerprint density at radius 3 is 2.69 bits per heavy atom. The molecule has 1 saturated heterocycles. The van der Waals surface area contributed by atoms with E-state index in [4.69, 9.17) is 0 Å². The van der Waals surface area contributed by atoms with E-state index in [1.54, 1.807) is 6.07 Å². The molecular formula is C19H23N5O2. The number of rotatable bonds is 2. The molecule has 7 heteroatoms. The molecule has 0 bridgehead atoms. The van der Waals surface area contributed by atoms with E-state index in [9.17, 15) is 9.59 Å². The second-order valence-electron chi connectivity index (χ2n) is 8.16. The topological polar surface area (TPSA) is 99.2 Å². The summed E-state index contributed by atoms with van der Waals surface area (Å²) in [6.07, 6.45) is 0.667. The molecule has 0 aliphatic carbocycles. The van der Waals surface area contributed by atoms with Crippen molar-refractivity contribution < 1.29 is 4.79 Å². The molecule has 2 aromatic rings. The molecule has 3 atom stereocenters. The summed E-state index contributed by atoms with van der Waals surface area (Å²) in [5.41, 5.74) is 2.06. The number of aliphatic imine (C=N–C) groups is 1. The van der Waals surface area contributed by atoms with Gasteiger partial charge in [-0.05, 0) is 45.7 Å². The molecule has 0 radical (unpaired) electrons. The minimum Gasteiger partial charge on any atom is -0.351 e. The standard InChI is InChI=1S/C19H23N5O2/c1-9-14-12(17(26)20-9)8-13(21-14)10-6-5-7-11-15(10)22-18(23-16(11)25)24-19(2,3)4/h5-7,12-14,21H,8H2,1-4H3,(H2,22,23,24,25). The van der Waals surface area contributed by atoms with E-state index in [0.29, 0.717) is 23.3 Å². The third-order valence-corrected chi connectivity index (χ3v) is 4.96. The number of H-pyrrole nitrogens is 1. The molecule has 2 aliphatic rings. The first kappa shape index (κ1) is 16.9. The van der Waals surface area contributed by atoms with Crippen LogP contribution in [0.2, 0.25) is 0 Å². The van der Waals surface area contributed by atoms with E-state index in [2.05, 4.69) is 25.6 Å². The molecule has 0 spiro atoms. The first-order valence-corrected chi connectivity index (χ1v) is 8.89. The Hall–Kier alpha value is -2.54. The zero-order valence-electron chi connectivity index (χ0n) is 15.4. The molecule has 136 valence electrons. The van der Waals surface area contributed by atoms with Crippen LogP contribution in [0, 0.1) is 5.92 Å². The highest BCUT2D eigenvalue weighted by Crippen LogP contribution is 2.37. The van der Waals surface area contributed by atoms with Crippen molar-refractivity contribution in [1.82, 2.24) is 15.3 Å². The summed E-state index contributed by atoms with van der Waals surface area (Å²) in [6, 6.07) is 5.57. The Morgan fingerprint density at radius 1 is 1.23 bits per heavy atom. The zero-order valence-corrected chi connectivity index (χ0v) is 15.4. The lowest BCUT2D eigenvalue weighted by atomic mass is 9.95. The predicted molar refractivity (Wildman–Crippen MR) is 102 cm³/mol. The van der Waals surface area contributed by atoms with Gasteiger partial charge in [-0.1, -0.05) is 12.1 Å². The van der Waals surface area contributed by atoms with Crippen molar-refractivity contribution in [2.75, 3.05) is 5.32 Å². The fourth-order valence-electron chi connectivity index (χ4n) is 3.87. The number of anilines is 1. The third kappa shape index (κ3) is 2.82. The van der Waals surface area contributed by atoms with Gasteiger partial charge >= 0.3 is 0 Å². The van der Waals surface area contributed by atoms with Gasteiger partial charge in [-0.25, -0.2) is 9.98 Å². The number of nitrogens with one attached hydrogen (secondary N) is 3. The number of aromatic amines is 1. The van der Waals surface area contributed by atoms with Crippen molar-refractivity contribution in [2.24, 2.45) is 10.9 Å². The van der Waals surface area contributed by atoms with Crippen LogP contribution in [0.1, 0.15) is 45.7 Å². The summed E-state index contributed by atoms with van der Waals surface area (Å²) >= 11 is 0. The summed E-state index contributed by atoms with van der Waals surface area (Å²) in [5.74, 6) is 0.280. The average molecular weight is 353 g/mol. The quantitative estimate of drug-likeness (QED) is 0.768. The van der Waals surface area contributed by atoms with Gasteiger partial charge in [0, 0.05) is 17.3 Å². The molecule has 4 rings (SSSR count). The minimum atomic E-state index is -0.221. The Labute approximate surface area is 151 Å². The van der Waals surface area contributed by atoms with Crippen LogP contribution in [0.4, 0.5) is 5.95 Å². The smallest absolute Gasteiger partial charge is 0.260 e. The Bertz CT molecular complexity index is 986. The molecule has 3 unspecified atom stereocenters. The van der Waals surface area contributed by atoms with Crippen molar-refractivity contribution >= 4 is 28.5 Å². The first-order chi connectivity index (χ1) is 12.2. The SMILES string of the molecule is CC1=NC(=O)C2CC(c3cccc4c(=O)[nH]c(NC(C)(C)C)nc34)NC12. The number of carbonyl (C=O) groups excluding carboxylic acids is 1. The maximum Gasteiger partial charge on any atom is 0.260 e. The largest absolute Gasteiger partial charge is 0.351 e. The van der Waals surface area contributed by atoms with Crippen LogP contribution < -0.4 is 16.2 Å². The molecule has 1 amide bonds. The van der Waals surface area contributed by atoms with E-state index >= 15 is 0 Å². The number of nitrogens with zero attached hydrogens (tertiary/aromatic N) is 2. The van der Waals surface area contributed by atoms with Gasteiger partial charge in [0.25, 0.3) is 11.5 Å². The maximum atomic E-state index is 12.5. The van der Waals surface area contributed by atoms with Gasteiger partial charge in [0.2, 0.25) is 5.95 Å². The second kappa shape index (κ2) is 5.74. The number of benzene rings is 1. The molecule has 3 N–H and O–H groups in total. The summed E-state index contributed by atoms with van der Waals surface area (Å²) < 4.78 is 0. The van der Waals surface area contributed by atoms with Crippen LogP contribution >= 0.6 is 0 Å². The second-order valence-corrected chi connectivity index (χ2v) is 8.16. The highest BCUT2D eigenvalue weighted by atomic mass is 16.1. The summed E-state index contributed by atoms with van der Waals surface area (Å²) in [7, 11) is 0. The third-order valence-electron chi connectivity index (χ3n) is 4.96. The zero-order chi connectivity index (χ0) is 18.6. The van der Waals surface area contributed by atoms with Crippen molar-refractivity contribution in [1.29, 1.82) is 0 Å². The lowest BCUT2D eigenvalue weighted by Gasteiger charge is -2.21. The molecule has 0 saturated carbocycles. The molecule has 7 nitrogen and oxygen atoms in total. The first-order valence-electron chi connectivity index (χ1n) is 8.89. The van der Waals surface area contributed by atoms with Crippen LogP contribution in [0.15, 0.2) is 28.0 Å². The van der Waals surface area contributed by atoms with E-state index in [1.807, 2.05) is 39.8 Å². The number of carbonyl (C=O) groups is 1. The Morgan fingerprint density at radius 2 is 2.00 bits per heavy atom. The molecule has 1 aromatic carbocycles. The van der Waals surface area contributed by atoms with Crippen LogP contribution in [-0.4, -0.2) is 33.2 Å². The number of aromatic nitrogens is 2. The van der Waals surface area contributed by atoms with Gasteiger partial charge in [-0.2, -0.15) is 0 Å². The van der Waals surface area contributed by atoms with Crippen LogP contribution in [0.25, 0.3) is 10.9 Å². The van der Waals surface area contributed by atoms with E-state index in [0.717, 1.165) is 11.3 Å². The number of hydrogen-bond donors (Lipinski definition) is 3. The van der Waals surface area contributed by atoms with E-state index < -0.39 is 0 Å². The van der Waals surface area contributed by atoms with Gasteiger partial charge < -0.3 is 10.6 Å². The molecule has 1 fully saturated rings. The Kier molecular flexibility index (Phi) is 3.73. The number of hydrogen-bond acceptors (Lipinski definition) is 5. The van der Waals surface area contributed by atoms with E-state index in [1.165, 1.54) is 0 Å². The van der Waals surface area contributed by atoms with Gasteiger partial charge in [0.15, 0.2) is 0 Å². The van der Waals surface area contributed by atoms with E-state index in [-0.39, 0.29) is 35.0 Å². The Balaban J connectivity index is 1.77. The fourth-order valence-corrected chi connectivity index (χ4v) is 3.87. The summed E-state index contributed by atoms with van der Waals surface area (Å²) in [6.45, 7) is 7.92. The van der Waals surface area contributed by atoms with Gasteiger partial charge in [0.05, 0.1) is 22.9 Å². The monoisotopic (exact) mass is 353 g/mol. The average Bonchev–Trinajstić information content (AvgIpc) is 3.07. The van der Waals surface area contributed by atoms with Crippen molar-refractivity contribution in [3.63, 3.8) is 0 Å². The number of amides is 1. The number of fused-ring (bicyclic) bond motifs is 2. The maximum absolute atomic E-state index is 12.5. The van der Waals surface area contributed by atoms with Crippen molar-refractivity contribution in [3.05, 3.63) is 34.1 Å². The van der Waals surface area contributed by atoms with Gasteiger partial charge in [-0.3, -0.25) is 14.6 Å². The molecule has 2 aliphatic heterocycles. The fraction of sp³-hybridized carbons (Fsp3) is 0.474. The van der Waals surface area contributed by atoms with Crippen LogP contribution in [0.3, 0.4) is 0 Å². The van der Waals surface area contributed by atoms with Gasteiger partial charge in [0.1, 0.15) is 0 Å². The molecule has 3 heterocycles. The summed E-state index contributed by atoms with van der Waals surface area (Å²) in [5, 5.41) is 7.28. The van der Waals surface area contributed by atoms with Crippen LogP contribution in [0.5, 0.6) is 0 Å². The van der Waals surface area contributed by atoms with Crippen molar-refractivity contribution in [3.8, 4) is 0 Å². The normalized spacial score (nSPS) is 25.5. The highest BCUT2D eigenvalue weighted by molar-refractivity contribution is 6.06. The number of para-hydroxylation sites is 1. The summed E-state index contributed by atoms with van der Waals surface area (Å²) in [4.78, 5) is 36.1. The van der Waals surface area contributed by atoms with Crippen LogP contribution in [-0.2, 0) is 4.79 Å². The highest BCUT2D eigenvalue weighted by Gasteiger charge is 2.44. The molecular weight excluding hydrogens is 330 g/mol. The predicted octanol–water partition coefficient (Wildman–Crippen LogP) is 2.15. The lowest BCUT2D eigenvalue weighted by Crippen LogP contribution is -2.32. The minimum absolute atomic E-state index is 0.0167. The van der Waals surface area contributed by atoms with Crippen molar-refractivity contribution in [2.45, 2.75) is 51.7 Å². The lowest BCUT2D eigenvalue weighted by molar-refractivity contribution is -0.120.